The molecule has 2 saturated heterocycles. The van der Waals surface area contributed by atoms with Crippen molar-refractivity contribution in [1.82, 2.24) is 24.7 Å². The van der Waals surface area contributed by atoms with Crippen molar-refractivity contribution in [3.63, 3.8) is 0 Å². The second-order valence-electron chi connectivity index (χ2n) is 8.25. The van der Waals surface area contributed by atoms with E-state index >= 15 is 0 Å². The molecule has 0 atom stereocenters. The Morgan fingerprint density at radius 2 is 1.78 bits per heavy atom. The average molecular weight is 454 g/mol. The van der Waals surface area contributed by atoms with Gasteiger partial charge in [0.15, 0.2) is 0 Å². The molecule has 0 radical (unpaired) electrons. The van der Waals surface area contributed by atoms with Crippen molar-refractivity contribution in [1.29, 1.82) is 0 Å². The molecular weight excluding hydrogens is 426 g/mol. The molecule has 0 aliphatic carbocycles. The molecule has 1 aromatic carbocycles. The number of hydrogen-bond acceptors (Lipinski definition) is 7. The standard InChI is InChI=1S/C23H27N5O3S/c29-21(16-27-10-12-31-13-11-27)28-8-6-26(7-9-28)15-20-24-22(30)18-14-19(32-23(18)25-20)17-4-2-1-3-5-17/h1-5,14H,6-13,15-16H2,(H,24,25,30). The van der Waals surface area contributed by atoms with Crippen molar-refractivity contribution >= 4 is 27.5 Å². The smallest absolute Gasteiger partial charge is 0.259 e. The van der Waals surface area contributed by atoms with Gasteiger partial charge in [0, 0.05) is 44.1 Å². The molecule has 5 rings (SSSR count). The fraction of sp³-hybridized carbons (Fsp3) is 0.435. The fourth-order valence-corrected chi connectivity index (χ4v) is 5.27. The van der Waals surface area contributed by atoms with Gasteiger partial charge in [-0.3, -0.25) is 19.4 Å². The molecule has 0 bridgehead atoms. The van der Waals surface area contributed by atoms with Crippen LogP contribution in [0.5, 0.6) is 0 Å². The average Bonchev–Trinajstić information content (AvgIpc) is 3.26. The summed E-state index contributed by atoms with van der Waals surface area (Å²) in [5, 5.41) is 0.635. The molecule has 0 unspecified atom stereocenters. The Morgan fingerprint density at radius 3 is 2.53 bits per heavy atom. The van der Waals surface area contributed by atoms with Crippen molar-refractivity contribution in [3.05, 3.63) is 52.6 Å². The molecule has 1 N–H and O–H groups in total. The summed E-state index contributed by atoms with van der Waals surface area (Å²) in [6, 6.07) is 12.0. The minimum absolute atomic E-state index is 0.0947. The van der Waals surface area contributed by atoms with E-state index in [-0.39, 0.29) is 11.5 Å². The number of aromatic nitrogens is 2. The summed E-state index contributed by atoms with van der Waals surface area (Å²) in [4.78, 5) is 41.1. The van der Waals surface area contributed by atoms with Crippen LogP contribution < -0.4 is 5.56 Å². The molecule has 3 aromatic rings. The largest absolute Gasteiger partial charge is 0.379 e. The molecule has 32 heavy (non-hydrogen) atoms. The van der Waals surface area contributed by atoms with Gasteiger partial charge < -0.3 is 14.6 Å². The Labute approximate surface area is 190 Å². The van der Waals surface area contributed by atoms with Crippen molar-refractivity contribution in [2.45, 2.75) is 6.54 Å². The number of nitrogens with zero attached hydrogens (tertiary/aromatic N) is 4. The van der Waals surface area contributed by atoms with Crippen LogP contribution in [0.2, 0.25) is 0 Å². The van der Waals surface area contributed by atoms with Crippen LogP contribution in [0, 0.1) is 0 Å². The van der Waals surface area contributed by atoms with Crippen LogP contribution in [0.15, 0.2) is 41.2 Å². The van der Waals surface area contributed by atoms with Crippen molar-refractivity contribution < 1.29 is 9.53 Å². The predicted octanol–water partition coefficient (Wildman–Crippen LogP) is 1.63. The highest BCUT2D eigenvalue weighted by molar-refractivity contribution is 7.21. The van der Waals surface area contributed by atoms with E-state index in [1.54, 1.807) is 11.3 Å². The predicted molar refractivity (Wildman–Crippen MR) is 125 cm³/mol. The molecule has 0 spiro atoms. The van der Waals surface area contributed by atoms with Gasteiger partial charge in [-0.05, 0) is 11.6 Å². The Balaban J connectivity index is 1.21. The number of fused-ring (bicyclic) bond motifs is 1. The zero-order valence-corrected chi connectivity index (χ0v) is 18.8. The molecule has 2 aliphatic rings. The number of hydrogen-bond donors (Lipinski definition) is 1. The number of aromatic amines is 1. The molecule has 0 saturated carbocycles. The highest BCUT2D eigenvalue weighted by Gasteiger charge is 2.24. The topological polar surface area (TPSA) is 81.8 Å². The summed E-state index contributed by atoms with van der Waals surface area (Å²) in [5.74, 6) is 0.864. The van der Waals surface area contributed by atoms with Crippen LogP contribution in [0.25, 0.3) is 20.7 Å². The fourth-order valence-electron chi connectivity index (χ4n) is 4.21. The van der Waals surface area contributed by atoms with Crippen molar-refractivity contribution in [3.8, 4) is 10.4 Å². The lowest BCUT2D eigenvalue weighted by molar-refractivity contribution is -0.135. The summed E-state index contributed by atoms with van der Waals surface area (Å²) in [7, 11) is 0. The van der Waals surface area contributed by atoms with E-state index in [2.05, 4.69) is 14.8 Å². The van der Waals surface area contributed by atoms with E-state index in [0.717, 1.165) is 41.5 Å². The Bertz CT molecular complexity index is 1130. The molecule has 2 fully saturated rings. The summed E-state index contributed by atoms with van der Waals surface area (Å²) in [6.07, 6.45) is 0. The first kappa shape index (κ1) is 21.3. The first-order chi connectivity index (χ1) is 15.7. The van der Waals surface area contributed by atoms with E-state index < -0.39 is 0 Å². The van der Waals surface area contributed by atoms with E-state index in [9.17, 15) is 9.59 Å². The molecule has 1 amide bonds. The third kappa shape index (κ3) is 4.75. The molecular formula is C23H27N5O3S. The van der Waals surface area contributed by atoms with Crippen LogP contribution in [-0.4, -0.2) is 89.6 Å². The second-order valence-corrected chi connectivity index (χ2v) is 9.28. The molecule has 8 nitrogen and oxygen atoms in total. The number of rotatable bonds is 5. The number of piperazine rings is 1. The number of morpholine rings is 1. The third-order valence-corrected chi connectivity index (χ3v) is 7.15. The second kappa shape index (κ2) is 9.50. The summed E-state index contributed by atoms with van der Waals surface area (Å²) < 4.78 is 5.35. The van der Waals surface area contributed by atoms with Gasteiger partial charge >= 0.3 is 0 Å². The monoisotopic (exact) mass is 453 g/mol. The van der Waals surface area contributed by atoms with Gasteiger partial charge in [0.05, 0.1) is 31.7 Å². The normalized spacial score (nSPS) is 18.3. The van der Waals surface area contributed by atoms with E-state index in [1.165, 1.54) is 0 Å². The number of H-pyrrole nitrogens is 1. The van der Waals surface area contributed by atoms with Gasteiger partial charge in [0.2, 0.25) is 5.91 Å². The van der Waals surface area contributed by atoms with Gasteiger partial charge in [0.1, 0.15) is 10.7 Å². The van der Waals surface area contributed by atoms with Gasteiger partial charge in [-0.15, -0.1) is 11.3 Å². The lowest BCUT2D eigenvalue weighted by Gasteiger charge is -2.36. The summed E-state index contributed by atoms with van der Waals surface area (Å²) in [6.45, 7) is 7.05. The number of carbonyl (C=O) groups excluding carboxylic acids is 1. The molecule has 4 heterocycles. The quantitative estimate of drug-likeness (QED) is 0.633. The van der Waals surface area contributed by atoms with E-state index in [0.29, 0.717) is 50.6 Å². The SMILES string of the molecule is O=C(CN1CCOCC1)N1CCN(Cc2nc3sc(-c4ccccc4)cc3c(=O)[nH]2)CC1. The van der Waals surface area contributed by atoms with Crippen molar-refractivity contribution in [2.75, 3.05) is 59.0 Å². The van der Waals surface area contributed by atoms with Crippen LogP contribution in [0.3, 0.4) is 0 Å². The minimum atomic E-state index is -0.0947. The lowest BCUT2D eigenvalue weighted by atomic mass is 10.2. The maximum Gasteiger partial charge on any atom is 0.259 e. The van der Waals surface area contributed by atoms with Gasteiger partial charge in [-0.2, -0.15) is 0 Å². The first-order valence-electron chi connectivity index (χ1n) is 11.0. The maximum atomic E-state index is 12.6. The van der Waals surface area contributed by atoms with E-state index in [1.807, 2.05) is 41.3 Å². The third-order valence-electron chi connectivity index (χ3n) is 6.07. The highest BCUT2D eigenvalue weighted by Crippen LogP contribution is 2.30. The van der Waals surface area contributed by atoms with Crippen LogP contribution in [-0.2, 0) is 16.1 Å². The highest BCUT2D eigenvalue weighted by atomic mass is 32.1. The molecule has 9 heteroatoms. The Morgan fingerprint density at radius 1 is 1.03 bits per heavy atom. The number of ether oxygens (including phenoxy) is 1. The Hall–Kier alpha value is -2.59. The minimum Gasteiger partial charge on any atom is -0.379 e. The lowest BCUT2D eigenvalue weighted by Crippen LogP contribution is -2.52. The summed E-state index contributed by atoms with van der Waals surface area (Å²) >= 11 is 1.55. The first-order valence-corrected chi connectivity index (χ1v) is 11.9. The van der Waals surface area contributed by atoms with Crippen LogP contribution in [0.4, 0.5) is 0 Å². The summed E-state index contributed by atoms with van der Waals surface area (Å²) in [5.41, 5.74) is 0.997. The van der Waals surface area contributed by atoms with Crippen molar-refractivity contribution in [2.24, 2.45) is 0 Å². The number of nitrogens with one attached hydrogen (secondary N) is 1. The van der Waals surface area contributed by atoms with Gasteiger partial charge in [-0.25, -0.2) is 4.98 Å². The zero-order valence-electron chi connectivity index (χ0n) is 18.0. The van der Waals surface area contributed by atoms with Gasteiger partial charge in [-0.1, -0.05) is 30.3 Å². The van der Waals surface area contributed by atoms with E-state index in [4.69, 9.17) is 9.72 Å². The zero-order chi connectivity index (χ0) is 21.9. The Kier molecular flexibility index (Phi) is 6.31. The molecule has 2 aromatic heterocycles. The van der Waals surface area contributed by atoms with Crippen LogP contribution in [0.1, 0.15) is 5.82 Å². The number of amides is 1. The van der Waals surface area contributed by atoms with Crippen LogP contribution >= 0.6 is 11.3 Å². The van der Waals surface area contributed by atoms with Gasteiger partial charge in [0.25, 0.3) is 5.56 Å². The maximum absolute atomic E-state index is 12.6. The molecule has 168 valence electrons. The molecule has 2 aliphatic heterocycles. The number of thiophene rings is 1. The number of benzene rings is 1. The number of carbonyl (C=O) groups is 1.